The van der Waals surface area contributed by atoms with Crippen molar-refractivity contribution in [2.45, 2.75) is 26.0 Å². The number of nitrogens with one attached hydrogen (secondary N) is 1. The second-order valence-corrected chi connectivity index (χ2v) is 5.50. The number of carbonyl (C=O) groups is 1. The van der Waals surface area contributed by atoms with Crippen LogP contribution in [0.2, 0.25) is 0 Å². The average molecular weight is 322 g/mol. The van der Waals surface area contributed by atoms with Crippen LogP contribution in [-0.2, 0) is 16.9 Å². The molecule has 0 unspecified atom stereocenters. The zero-order valence-corrected chi connectivity index (χ0v) is 12.7. The molecular formula is C16H16F2N2O3. The molecule has 2 rings (SSSR count). The van der Waals surface area contributed by atoms with Gasteiger partial charge in [0.2, 0.25) is 12.4 Å². The Labute approximate surface area is 132 Å². The van der Waals surface area contributed by atoms with Crippen LogP contribution < -0.4 is 10.0 Å². The highest BCUT2D eigenvalue weighted by atomic mass is 19.1. The molecule has 0 spiro atoms. The minimum absolute atomic E-state index is 0.0258. The predicted molar refractivity (Wildman–Crippen MR) is 78.1 cm³/mol. The van der Waals surface area contributed by atoms with Crippen LogP contribution in [0.1, 0.15) is 25.0 Å². The van der Waals surface area contributed by atoms with E-state index in [4.69, 9.17) is 4.74 Å². The molecule has 1 heterocycles. The summed E-state index contributed by atoms with van der Waals surface area (Å²) in [7, 11) is 0. The molecule has 23 heavy (non-hydrogen) atoms. The van der Waals surface area contributed by atoms with Crippen LogP contribution >= 0.6 is 0 Å². The van der Waals surface area contributed by atoms with Crippen LogP contribution in [0.4, 0.5) is 13.6 Å². The van der Waals surface area contributed by atoms with E-state index in [0.717, 1.165) is 5.56 Å². The summed E-state index contributed by atoms with van der Waals surface area (Å²) in [6.07, 6.45) is 0.366. The van der Waals surface area contributed by atoms with E-state index in [2.05, 4.69) is 5.32 Å². The van der Waals surface area contributed by atoms with Crippen LogP contribution in [0.3, 0.4) is 0 Å². The molecule has 5 nitrogen and oxygen atoms in total. The van der Waals surface area contributed by atoms with Gasteiger partial charge in [0.15, 0.2) is 11.6 Å². The van der Waals surface area contributed by atoms with Crippen molar-refractivity contribution in [1.82, 2.24) is 5.32 Å². The minimum atomic E-state index is -1.39. The number of rotatable bonds is 4. The number of hydrogen-bond donors (Lipinski definition) is 1. The van der Waals surface area contributed by atoms with E-state index in [1.807, 2.05) is 6.07 Å². The third-order valence-electron chi connectivity index (χ3n) is 3.21. The Morgan fingerprint density at radius 1 is 1.22 bits per heavy atom. The Morgan fingerprint density at radius 2 is 1.78 bits per heavy atom. The highest BCUT2D eigenvalue weighted by molar-refractivity contribution is 5.68. The van der Waals surface area contributed by atoms with Gasteiger partial charge in [-0.05, 0) is 19.4 Å². The second-order valence-electron chi connectivity index (χ2n) is 5.50. The zero-order chi connectivity index (χ0) is 17.0. The number of halogens is 2. The van der Waals surface area contributed by atoms with Gasteiger partial charge >= 0.3 is 6.09 Å². The molecule has 0 saturated heterocycles. The Kier molecular flexibility index (Phi) is 4.78. The number of pyridine rings is 1. The summed E-state index contributed by atoms with van der Waals surface area (Å²) in [5.41, 5.74) is -1.03. The predicted octanol–water partition coefficient (Wildman–Crippen LogP) is 2.76. The van der Waals surface area contributed by atoms with Crippen LogP contribution in [0.15, 0.2) is 42.7 Å². The molecule has 0 saturated carbocycles. The van der Waals surface area contributed by atoms with Crippen LogP contribution in [0.25, 0.3) is 0 Å². The third-order valence-corrected chi connectivity index (χ3v) is 3.21. The normalized spacial score (nSPS) is 11.1. The summed E-state index contributed by atoms with van der Waals surface area (Å²) >= 11 is 0. The lowest BCUT2D eigenvalue weighted by Crippen LogP contribution is -2.43. The zero-order valence-electron chi connectivity index (χ0n) is 12.7. The summed E-state index contributed by atoms with van der Waals surface area (Å²) in [4.78, 5) is 11.8. The molecule has 1 N–H and O–H groups in total. The maximum Gasteiger partial charge on any atom is 0.408 e. The Hall–Kier alpha value is -2.70. The van der Waals surface area contributed by atoms with Crippen molar-refractivity contribution in [1.29, 1.82) is 0 Å². The molecular weight excluding hydrogens is 306 g/mol. The van der Waals surface area contributed by atoms with E-state index in [9.17, 15) is 18.8 Å². The first-order chi connectivity index (χ1) is 10.8. The molecule has 1 aromatic carbocycles. The van der Waals surface area contributed by atoms with Crippen molar-refractivity contribution < 1.29 is 23.0 Å². The van der Waals surface area contributed by atoms with Crippen LogP contribution in [0, 0.1) is 16.8 Å². The molecule has 0 radical (unpaired) electrons. The van der Waals surface area contributed by atoms with E-state index in [0.29, 0.717) is 12.4 Å². The molecule has 0 aliphatic heterocycles. The van der Waals surface area contributed by atoms with Crippen molar-refractivity contribution in [2.24, 2.45) is 0 Å². The fourth-order valence-corrected chi connectivity index (χ4v) is 2.18. The van der Waals surface area contributed by atoms with E-state index < -0.39 is 28.8 Å². The molecule has 0 atom stereocenters. The maximum atomic E-state index is 13.9. The maximum absolute atomic E-state index is 13.9. The van der Waals surface area contributed by atoms with Crippen LogP contribution in [0.5, 0.6) is 0 Å². The standard InChI is InChI=1S/C16H16F2N2O3/c1-16(2,14-12(17)8-20(22)9-13(14)18)19-15(21)23-10-11-6-4-3-5-7-11/h3-9H,10H2,1-2H3,(H,19,21). The van der Waals surface area contributed by atoms with E-state index in [-0.39, 0.29) is 11.3 Å². The van der Waals surface area contributed by atoms with Gasteiger partial charge in [-0.2, -0.15) is 13.5 Å². The fraction of sp³-hybridized carbons (Fsp3) is 0.250. The van der Waals surface area contributed by atoms with Crippen molar-refractivity contribution in [3.8, 4) is 0 Å². The number of benzene rings is 1. The van der Waals surface area contributed by atoms with E-state index in [1.54, 1.807) is 24.3 Å². The molecule has 122 valence electrons. The topological polar surface area (TPSA) is 65.3 Å². The summed E-state index contributed by atoms with van der Waals surface area (Å²) in [6.45, 7) is 2.85. The largest absolute Gasteiger partial charge is 0.619 e. The van der Waals surface area contributed by atoms with Crippen molar-refractivity contribution in [2.75, 3.05) is 0 Å². The van der Waals surface area contributed by atoms with Gasteiger partial charge in [0.25, 0.3) is 0 Å². The smallest absolute Gasteiger partial charge is 0.408 e. The van der Waals surface area contributed by atoms with Crippen molar-refractivity contribution in [3.63, 3.8) is 0 Å². The molecule has 0 aliphatic carbocycles. The van der Waals surface area contributed by atoms with Crippen LogP contribution in [-0.4, -0.2) is 6.09 Å². The third kappa shape index (κ3) is 4.15. The summed E-state index contributed by atoms with van der Waals surface area (Å²) in [6, 6.07) is 8.99. The lowest BCUT2D eigenvalue weighted by atomic mass is 9.94. The molecule has 0 fully saturated rings. The Morgan fingerprint density at radius 3 is 2.35 bits per heavy atom. The van der Waals surface area contributed by atoms with Gasteiger partial charge < -0.3 is 15.3 Å². The SMILES string of the molecule is CC(C)(NC(=O)OCc1ccccc1)c1c(F)c[n+]([O-])cc1F. The fourth-order valence-electron chi connectivity index (χ4n) is 2.18. The molecule has 7 heteroatoms. The minimum Gasteiger partial charge on any atom is -0.619 e. The van der Waals surface area contributed by atoms with Gasteiger partial charge in [-0.1, -0.05) is 30.3 Å². The summed E-state index contributed by atoms with van der Waals surface area (Å²) < 4.78 is 32.8. The second kappa shape index (κ2) is 6.60. The summed E-state index contributed by atoms with van der Waals surface area (Å²) in [5, 5.41) is 13.4. The first kappa shape index (κ1) is 16.7. The van der Waals surface area contributed by atoms with E-state index in [1.165, 1.54) is 13.8 Å². The van der Waals surface area contributed by atoms with Gasteiger partial charge in [-0.3, -0.25) is 0 Å². The molecule has 0 aliphatic rings. The number of nitrogens with zero attached hydrogens (tertiary/aromatic N) is 1. The Bertz CT molecular complexity index is 683. The Balaban J connectivity index is 2.07. The number of hydrogen-bond acceptors (Lipinski definition) is 3. The quantitative estimate of drug-likeness (QED) is 0.695. The highest BCUT2D eigenvalue weighted by Crippen LogP contribution is 2.25. The number of carbonyl (C=O) groups excluding carboxylic acids is 1. The van der Waals surface area contributed by atoms with Gasteiger partial charge in [0.05, 0.1) is 11.1 Å². The number of alkyl carbamates (subject to hydrolysis) is 1. The van der Waals surface area contributed by atoms with E-state index >= 15 is 0 Å². The van der Waals surface area contributed by atoms with Crippen molar-refractivity contribution in [3.05, 3.63) is 70.7 Å². The lowest BCUT2D eigenvalue weighted by Gasteiger charge is -2.26. The lowest BCUT2D eigenvalue weighted by molar-refractivity contribution is -0.609. The number of aromatic nitrogens is 1. The average Bonchev–Trinajstić information content (AvgIpc) is 2.44. The van der Waals surface area contributed by atoms with Gasteiger partial charge in [0.1, 0.15) is 6.61 Å². The molecule has 1 amide bonds. The monoisotopic (exact) mass is 322 g/mol. The van der Waals surface area contributed by atoms with Gasteiger partial charge in [-0.15, -0.1) is 0 Å². The highest BCUT2D eigenvalue weighted by Gasteiger charge is 2.32. The van der Waals surface area contributed by atoms with Crippen molar-refractivity contribution >= 4 is 6.09 Å². The van der Waals surface area contributed by atoms with Gasteiger partial charge in [-0.25, -0.2) is 4.79 Å². The molecule has 0 bridgehead atoms. The molecule has 2 aromatic rings. The first-order valence-corrected chi connectivity index (χ1v) is 6.87. The van der Waals surface area contributed by atoms with Gasteiger partial charge in [0, 0.05) is 0 Å². The number of amides is 1. The number of ether oxygens (including phenoxy) is 1. The summed E-state index contributed by atoms with van der Waals surface area (Å²) in [5.74, 6) is -2.10. The first-order valence-electron chi connectivity index (χ1n) is 6.87. The molecule has 1 aromatic heterocycles.